The van der Waals surface area contributed by atoms with Gasteiger partial charge in [0.1, 0.15) is 11.0 Å². The maximum absolute atomic E-state index is 5.98. The van der Waals surface area contributed by atoms with Crippen LogP contribution < -0.4 is 5.32 Å². The number of nitrogens with one attached hydrogen (secondary N) is 1. The average molecular weight is 270 g/mol. The average Bonchev–Trinajstić information content (AvgIpc) is 2.70. The number of nitrogens with zero attached hydrogens (tertiary/aromatic N) is 2. The topological polar surface area (TPSA) is 29.9 Å². The fourth-order valence-corrected chi connectivity index (χ4v) is 3.03. The Morgan fingerprint density at radius 1 is 1.39 bits per heavy atom. The number of imidazole rings is 1. The highest BCUT2D eigenvalue weighted by Crippen LogP contribution is 2.27. The van der Waals surface area contributed by atoms with Crippen LogP contribution in [0.5, 0.6) is 0 Å². The van der Waals surface area contributed by atoms with Crippen molar-refractivity contribution in [3.8, 4) is 0 Å². The highest BCUT2D eigenvalue weighted by atomic mass is 35.5. The molecule has 1 aliphatic carbocycles. The van der Waals surface area contributed by atoms with Gasteiger partial charge in [-0.1, -0.05) is 31.4 Å². The molecule has 18 heavy (non-hydrogen) atoms. The first-order valence-corrected chi connectivity index (χ1v) is 7.48. The Bertz CT molecular complexity index is 367. The Balaban J connectivity index is 1.74. The second-order valence-electron chi connectivity index (χ2n) is 5.44. The lowest BCUT2D eigenvalue weighted by atomic mass is 9.83. The van der Waals surface area contributed by atoms with Crippen molar-refractivity contribution in [2.24, 2.45) is 13.0 Å². The van der Waals surface area contributed by atoms with Crippen molar-refractivity contribution >= 4 is 11.6 Å². The molecule has 0 bridgehead atoms. The summed E-state index contributed by atoms with van der Waals surface area (Å²) in [6.07, 6.45) is 9.83. The molecule has 4 heteroatoms. The quantitative estimate of drug-likeness (QED) is 0.886. The molecule has 1 saturated carbocycles. The van der Waals surface area contributed by atoms with Crippen molar-refractivity contribution < 1.29 is 0 Å². The minimum absolute atomic E-state index is 0.661. The van der Waals surface area contributed by atoms with Gasteiger partial charge in [0.05, 0.1) is 12.7 Å². The number of rotatable bonds is 5. The first kappa shape index (κ1) is 13.9. The zero-order valence-corrected chi connectivity index (χ0v) is 12.2. The second kappa shape index (κ2) is 6.58. The molecule has 0 amide bonds. The minimum Gasteiger partial charge on any atom is -0.321 e. The predicted molar refractivity (Wildman–Crippen MR) is 75.7 cm³/mol. The number of hydrogen-bond donors (Lipinski definition) is 1. The van der Waals surface area contributed by atoms with Gasteiger partial charge in [-0.25, -0.2) is 4.98 Å². The van der Waals surface area contributed by atoms with Gasteiger partial charge in [0.2, 0.25) is 0 Å². The van der Waals surface area contributed by atoms with Crippen LogP contribution in [0.1, 0.15) is 51.3 Å². The fourth-order valence-electron chi connectivity index (χ4n) is 2.89. The molecule has 0 aliphatic heterocycles. The molecule has 2 rings (SSSR count). The molecule has 3 nitrogen and oxygen atoms in total. The molecule has 1 N–H and O–H groups in total. The molecular weight excluding hydrogens is 246 g/mol. The van der Waals surface area contributed by atoms with E-state index in [2.05, 4.69) is 17.2 Å². The van der Waals surface area contributed by atoms with Crippen molar-refractivity contribution in [2.75, 3.05) is 0 Å². The zero-order valence-electron chi connectivity index (χ0n) is 11.5. The van der Waals surface area contributed by atoms with E-state index >= 15 is 0 Å². The molecule has 1 aromatic rings. The highest BCUT2D eigenvalue weighted by molar-refractivity contribution is 6.29. The lowest BCUT2D eigenvalue weighted by Crippen LogP contribution is -2.33. The summed E-state index contributed by atoms with van der Waals surface area (Å²) >= 11 is 5.98. The van der Waals surface area contributed by atoms with E-state index in [9.17, 15) is 0 Å². The van der Waals surface area contributed by atoms with Crippen LogP contribution in [0, 0.1) is 5.92 Å². The molecule has 1 aliphatic rings. The van der Waals surface area contributed by atoms with Crippen molar-refractivity contribution in [3.63, 3.8) is 0 Å². The Hall–Kier alpha value is -0.540. The summed E-state index contributed by atoms with van der Waals surface area (Å²) in [5.74, 6) is 1.99. The van der Waals surface area contributed by atoms with Gasteiger partial charge in [-0.05, 0) is 31.6 Å². The lowest BCUT2D eigenvalue weighted by Gasteiger charge is -2.29. The van der Waals surface area contributed by atoms with Crippen LogP contribution in [0.15, 0.2) is 6.20 Å². The molecular formula is C14H24ClN3. The molecule has 0 radical (unpaired) electrons. The summed E-state index contributed by atoms with van der Waals surface area (Å²) in [5, 5.41) is 4.32. The third kappa shape index (κ3) is 3.48. The molecule has 0 aromatic carbocycles. The van der Waals surface area contributed by atoms with Gasteiger partial charge in [-0.3, -0.25) is 0 Å². The first-order chi connectivity index (χ1) is 8.70. The summed E-state index contributed by atoms with van der Waals surface area (Å²) in [6, 6.07) is 0.661. The van der Waals surface area contributed by atoms with Crippen LogP contribution >= 0.6 is 11.6 Å². The van der Waals surface area contributed by atoms with Crippen LogP contribution in [0.4, 0.5) is 0 Å². The zero-order chi connectivity index (χ0) is 13.0. The van der Waals surface area contributed by atoms with Crippen LogP contribution in [-0.2, 0) is 13.6 Å². The van der Waals surface area contributed by atoms with E-state index in [-0.39, 0.29) is 0 Å². The van der Waals surface area contributed by atoms with Crippen molar-refractivity contribution in [2.45, 2.75) is 58.0 Å². The Morgan fingerprint density at radius 3 is 2.67 bits per heavy atom. The molecule has 0 unspecified atom stereocenters. The van der Waals surface area contributed by atoms with E-state index in [1.807, 2.05) is 11.6 Å². The van der Waals surface area contributed by atoms with Crippen LogP contribution in [-0.4, -0.2) is 15.6 Å². The van der Waals surface area contributed by atoms with E-state index < -0.39 is 0 Å². The van der Waals surface area contributed by atoms with E-state index in [1.54, 1.807) is 6.20 Å². The fraction of sp³-hybridized carbons (Fsp3) is 0.786. The summed E-state index contributed by atoms with van der Waals surface area (Å²) in [6.45, 7) is 3.11. The van der Waals surface area contributed by atoms with Gasteiger partial charge in [0, 0.05) is 13.1 Å². The number of aromatic nitrogens is 2. The van der Waals surface area contributed by atoms with E-state index in [0.29, 0.717) is 11.2 Å². The van der Waals surface area contributed by atoms with E-state index in [4.69, 9.17) is 11.6 Å². The van der Waals surface area contributed by atoms with Gasteiger partial charge in [0.15, 0.2) is 0 Å². The van der Waals surface area contributed by atoms with Crippen LogP contribution in [0.2, 0.25) is 5.15 Å². The lowest BCUT2D eigenvalue weighted by molar-refractivity contribution is 0.276. The highest BCUT2D eigenvalue weighted by Gasteiger charge is 2.20. The van der Waals surface area contributed by atoms with Crippen molar-refractivity contribution in [3.05, 3.63) is 17.2 Å². The SMILES string of the molecule is CCCC1CCC(NCc2ncc(Cl)n2C)CC1. The Morgan fingerprint density at radius 2 is 2.11 bits per heavy atom. The van der Waals surface area contributed by atoms with Gasteiger partial charge in [-0.15, -0.1) is 0 Å². The molecule has 1 aromatic heterocycles. The molecule has 1 heterocycles. The summed E-state index contributed by atoms with van der Waals surface area (Å²) in [7, 11) is 1.96. The smallest absolute Gasteiger partial charge is 0.128 e. The normalized spacial score (nSPS) is 24.4. The standard InChI is InChI=1S/C14H24ClN3/c1-3-4-11-5-7-12(8-6-11)16-10-14-17-9-13(15)18(14)2/h9,11-12,16H,3-8,10H2,1-2H3. The third-order valence-electron chi connectivity index (χ3n) is 4.12. The monoisotopic (exact) mass is 269 g/mol. The minimum atomic E-state index is 0.661. The van der Waals surface area contributed by atoms with Gasteiger partial charge in [0.25, 0.3) is 0 Å². The molecule has 0 saturated heterocycles. The predicted octanol–water partition coefficient (Wildman–Crippen LogP) is 3.52. The van der Waals surface area contributed by atoms with Crippen molar-refractivity contribution in [1.29, 1.82) is 0 Å². The van der Waals surface area contributed by atoms with Crippen LogP contribution in [0.25, 0.3) is 0 Å². The maximum atomic E-state index is 5.98. The van der Waals surface area contributed by atoms with E-state index in [1.165, 1.54) is 38.5 Å². The second-order valence-corrected chi connectivity index (χ2v) is 5.83. The van der Waals surface area contributed by atoms with Gasteiger partial charge < -0.3 is 9.88 Å². The summed E-state index contributed by atoms with van der Waals surface area (Å²) in [5.41, 5.74) is 0. The summed E-state index contributed by atoms with van der Waals surface area (Å²) in [4.78, 5) is 4.31. The van der Waals surface area contributed by atoms with E-state index in [0.717, 1.165) is 18.3 Å². The van der Waals surface area contributed by atoms with Crippen LogP contribution in [0.3, 0.4) is 0 Å². The first-order valence-electron chi connectivity index (χ1n) is 7.10. The maximum Gasteiger partial charge on any atom is 0.128 e. The molecule has 1 fully saturated rings. The Kier molecular flexibility index (Phi) is 5.07. The Labute approximate surface area is 115 Å². The third-order valence-corrected chi connectivity index (χ3v) is 4.47. The van der Waals surface area contributed by atoms with Gasteiger partial charge >= 0.3 is 0 Å². The number of halogens is 1. The number of hydrogen-bond acceptors (Lipinski definition) is 2. The molecule has 0 spiro atoms. The van der Waals surface area contributed by atoms with Gasteiger partial charge in [-0.2, -0.15) is 0 Å². The summed E-state index contributed by atoms with van der Waals surface area (Å²) < 4.78 is 1.94. The van der Waals surface area contributed by atoms with Crippen molar-refractivity contribution in [1.82, 2.24) is 14.9 Å². The largest absolute Gasteiger partial charge is 0.321 e. The molecule has 102 valence electrons. The molecule has 0 atom stereocenters.